The van der Waals surface area contributed by atoms with Gasteiger partial charge in [0.05, 0.1) is 17.3 Å². The molecule has 4 aromatic rings. The van der Waals surface area contributed by atoms with Gasteiger partial charge in [0.25, 0.3) is 0 Å². The first-order valence-corrected chi connectivity index (χ1v) is 9.12. The Balaban J connectivity index is 1.61. The second-order valence-electron chi connectivity index (χ2n) is 6.30. The molecule has 0 aliphatic rings. The highest BCUT2D eigenvalue weighted by Crippen LogP contribution is 2.25. The maximum atomic E-state index is 12.8. The number of rotatable bonds is 7. The standard InChI is InChI=1S/C20H19N5O3/c1-2-3-10-25-19(22-23-24-25)13-28-20(26)15-12-17(18-9-6-11-27-18)21-16-8-5-4-7-14(15)16/h4-9,11-12H,2-3,10,13H2,1H3. The Morgan fingerprint density at radius 3 is 2.93 bits per heavy atom. The van der Waals surface area contributed by atoms with E-state index in [2.05, 4.69) is 27.4 Å². The van der Waals surface area contributed by atoms with E-state index >= 15 is 0 Å². The van der Waals surface area contributed by atoms with E-state index in [1.54, 1.807) is 29.1 Å². The molecule has 0 fully saturated rings. The van der Waals surface area contributed by atoms with Gasteiger partial charge in [0.15, 0.2) is 18.2 Å². The van der Waals surface area contributed by atoms with Gasteiger partial charge in [0.1, 0.15) is 5.69 Å². The van der Waals surface area contributed by atoms with E-state index < -0.39 is 5.97 Å². The quantitative estimate of drug-likeness (QED) is 0.454. The smallest absolute Gasteiger partial charge is 0.339 e. The highest BCUT2D eigenvalue weighted by Gasteiger charge is 2.17. The van der Waals surface area contributed by atoms with Crippen LogP contribution < -0.4 is 0 Å². The summed E-state index contributed by atoms with van der Waals surface area (Å²) >= 11 is 0. The van der Waals surface area contributed by atoms with Gasteiger partial charge >= 0.3 is 5.97 Å². The lowest BCUT2D eigenvalue weighted by molar-refractivity contribution is 0.0458. The van der Waals surface area contributed by atoms with Crippen LogP contribution in [0.15, 0.2) is 53.1 Å². The number of pyridine rings is 1. The molecule has 0 unspecified atom stereocenters. The molecule has 8 nitrogen and oxygen atoms in total. The van der Waals surface area contributed by atoms with Gasteiger partial charge in [-0.05, 0) is 41.1 Å². The second kappa shape index (κ2) is 7.99. The normalized spacial score (nSPS) is 11.0. The number of ether oxygens (including phenoxy) is 1. The van der Waals surface area contributed by atoms with E-state index in [4.69, 9.17) is 9.15 Å². The first kappa shape index (κ1) is 17.8. The zero-order valence-electron chi connectivity index (χ0n) is 15.4. The van der Waals surface area contributed by atoms with Gasteiger partial charge in [-0.1, -0.05) is 31.5 Å². The molecule has 3 heterocycles. The number of fused-ring (bicyclic) bond motifs is 1. The van der Waals surface area contributed by atoms with Gasteiger partial charge in [-0.2, -0.15) is 0 Å². The van der Waals surface area contributed by atoms with Crippen molar-refractivity contribution in [2.45, 2.75) is 32.9 Å². The molecule has 0 bridgehead atoms. The molecule has 0 amide bonds. The van der Waals surface area contributed by atoms with Crippen molar-refractivity contribution in [3.05, 3.63) is 60.1 Å². The number of esters is 1. The molecule has 0 spiro atoms. The maximum Gasteiger partial charge on any atom is 0.339 e. The summed E-state index contributed by atoms with van der Waals surface area (Å²) in [6.07, 6.45) is 3.55. The second-order valence-corrected chi connectivity index (χ2v) is 6.30. The minimum Gasteiger partial charge on any atom is -0.463 e. The third kappa shape index (κ3) is 3.62. The molecule has 0 saturated carbocycles. The monoisotopic (exact) mass is 377 g/mol. The summed E-state index contributed by atoms with van der Waals surface area (Å²) in [5.41, 5.74) is 1.68. The molecule has 3 aromatic heterocycles. The van der Waals surface area contributed by atoms with Crippen LogP contribution >= 0.6 is 0 Å². The molecule has 8 heteroatoms. The number of furan rings is 1. The van der Waals surface area contributed by atoms with Crippen molar-refractivity contribution in [1.82, 2.24) is 25.2 Å². The van der Waals surface area contributed by atoms with Crippen LogP contribution in [0.1, 0.15) is 35.9 Å². The lowest BCUT2D eigenvalue weighted by Crippen LogP contribution is -2.12. The van der Waals surface area contributed by atoms with Gasteiger partial charge in [-0.25, -0.2) is 14.5 Å². The minimum absolute atomic E-state index is 0.00226. The lowest BCUT2D eigenvalue weighted by Gasteiger charge is -2.09. The fourth-order valence-electron chi connectivity index (χ4n) is 2.91. The van der Waals surface area contributed by atoms with Crippen LogP contribution in [0.5, 0.6) is 0 Å². The van der Waals surface area contributed by atoms with E-state index in [1.807, 2.05) is 24.3 Å². The predicted molar refractivity (Wildman–Crippen MR) is 101 cm³/mol. The van der Waals surface area contributed by atoms with Gasteiger partial charge in [0.2, 0.25) is 0 Å². The Bertz CT molecular complexity index is 1090. The van der Waals surface area contributed by atoms with Crippen molar-refractivity contribution in [3.63, 3.8) is 0 Å². The molecular formula is C20H19N5O3. The summed E-state index contributed by atoms with van der Waals surface area (Å²) < 4.78 is 12.6. The number of carbonyl (C=O) groups is 1. The number of para-hydroxylation sites is 1. The predicted octanol–water partition coefficient (Wildman–Crippen LogP) is 3.64. The SMILES string of the molecule is CCCCn1nnnc1COC(=O)c1cc(-c2ccco2)nc2ccccc12. The number of benzene rings is 1. The summed E-state index contributed by atoms with van der Waals surface area (Å²) in [6.45, 7) is 2.79. The zero-order chi connectivity index (χ0) is 19.3. The summed E-state index contributed by atoms with van der Waals surface area (Å²) in [6, 6.07) is 12.7. The zero-order valence-corrected chi connectivity index (χ0v) is 15.4. The molecule has 1 aromatic carbocycles. The minimum atomic E-state index is -0.462. The molecule has 4 rings (SSSR count). The summed E-state index contributed by atoms with van der Waals surface area (Å²) in [5, 5.41) is 12.3. The number of aromatic nitrogens is 5. The fraction of sp³-hybridized carbons (Fsp3) is 0.250. The fourth-order valence-corrected chi connectivity index (χ4v) is 2.91. The van der Waals surface area contributed by atoms with Crippen LogP contribution in [0.4, 0.5) is 0 Å². The average Bonchev–Trinajstić information content (AvgIpc) is 3.41. The van der Waals surface area contributed by atoms with Gasteiger partial charge in [-0.15, -0.1) is 5.10 Å². The molecule has 0 aliphatic heterocycles. The molecular weight excluding hydrogens is 358 g/mol. The van der Waals surface area contributed by atoms with Crippen LogP contribution in [0.3, 0.4) is 0 Å². The molecule has 0 atom stereocenters. The average molecular weight is 377 g/mol. The Morgan fingerprint density at radius 2 is 2.11 bits per heavy atom. The first-order chi connectivity index (χ1) is 13.8. The molecule has 0 radical (unpaired) electrons. The van der Waals surface area contributed by atoms with Crippen LogP contribution in [0.25, 0.3) is 22.4 Å². The number of unbranched alkanes of at least 4 members (excludes halogenated alkanes) is 1. The van der Waals surface area contributed by atoms with Crippen LogP contribution in [0.2, 0.25) is 0 Å². The van der Waals surface area contributed by atoms with E-state index in [1.165, 1.54) is 0 Å². The first-order valence-electron chi connectivity index (χ1n) is 9.12. The third-order valence-corrected chi connectivity index (χ3v) is 4.37. The molecule has 28 heavy (non-hydrogen) atoms. The largest absolute Gasteiger partial charge is 0.463 e. The van der Waals surface area contributed by atoms with Gasteiger partial charge in [0, 0.05) is 11.9 Å². The summed E-state index contributed by atoms with van der Waals surface area (Å²) in [7, 11) is 0. The lowest BCUT2D eigenvalue weighted by atomic mass is 10.1. The van der Waals surface area contributed by atoms with Crippen LogP contribution in [-0.2, 0) is 17.9 Å². The molecule has 0 aliphatic carbocycles. The van der Waals surface area contributed by atoms with E-state index in [-0.39, 0.29) is 6.61 Å². The number of tetrazole rings is 1. The Hall–Kier alpha value is -3.55. The number of nitrogens with zero attached hydrogens (tertiary/aromatic N) is 5. The van der Waals surface area contributed by atoms with Crippen molar-refractivity contribution in [2.24, 2.45) is 0 Å². The summed E-state index contributed by atoms with van der Waals surface area (Å²) in [5.74, 6) is 0.645. The number of hydrogen-bond acceptors (Lipinski definition) is 7. The Labute approximate surface area is 161 Å². The Morgan fingerprint density at radius 1 is 1.21 bits per heavy atom. The summed E-state index contributed by atoms with van der Waals surface area (Å²) in [4.78, 5) is 17.4. The van der Waals surface area contributed by atoms with Gasteiger partial charge in [-0.3, -0.25) is 0 Å². The van der Waals surface area contributed by atoms with Crippen molar-refractivity contribution in [2.75, 3.05) is 0 Å². The van der Waals surface area contributed by atoms with Crippen molar-refractivity contribution in [1.29, 1.82) is 0 Å². The number of carbonyl (C=O) groups excluding carboxylic acids is 1. The van der Waals surface area contributed by atoms with Crippen molar-refractivity contribution < 1.29 is 13.9 Å². The maximum absolute atomic E-state index is 12.8. The van der Waals surface area contributed by atoms with Gasteiger partial charge < -0.3 is 9.15 Å². The Kier molecular flexibility index (Phi) is 5.09. The number of aryl methyl sites for hydroxylation is 1. The van der Waals surface area contributed by atoms with E-state index in [0.29, 0.717) is 40.3 Å². The topological polar surface area (TPSA) is 95.9 Å². The van der Waals surface area contributed by atoms with Crippen molar-refractivity contribution >= 4 is 16.9 Å². The van der Waals surface area contributed by atoms with Crippen LogP contribution in [0, 0.1) is 0 Å². The van der Waals surface area contributed by atoms with Crippen molar-refractivity contribution in [3.8, 4) is 11.5 Å². The molecule has 0 saturated heterocycles. The molecule has 142 valence electrons. The number of hydrogen-bond donors (Lipinski definition) is 0. The molecule has 0 N–H and O–H groups in total. The van der Waals surface area contributed by atoms with E-state index in [0.717, 1.165) is 12.8 Å². The third-order valence-electron chi connectivity index (χ3n) is 4.37. The van der Waals surface area contributed by atoms with Crippen LogP contribution in [-0.4, -0.2) is 31.2 Å². The van der Waals surface area contributed by atoms with E-state index in [9.17, 15) is 4.79 Å². The highest BCUT2D eigenvalue weighted by atomic mass is 16.5. The highest BCUT2D eigenvalue weighted by molar-refractivity contribution is 6.04.